The maximum Gasteiger partial charge on any atom is 0.322 e. The van der Waals surface area contributed by atoms with Gasteiger partial charge in [0.25, 0.3) is 0 Å². The van der Waals surface area contributed by atoms with Crippen molar-refractivity contribution < 1.29 is 4.79 Å². The summed E-state index contributed by atoms with van der Waals surface area (Å²) in [6.45, 7) is 7.45. The van der Waals surface area contributed by atoms with Crippen LogP contribution in [-0.2, 0) is 13.0 Å². The Balaban J connectivity index is 1.63. The molecule has 0 radical (unpaired) electrons. The summed E-state index contributed by atoms with van der Waals surface area (Å²) in [6.07, 6.45) is 2.63. The fraction of sp³-hybridized carbons (Fsp3) is 0.368. The zero-order chi connectivity index (χ0) is 16.9. The van der Waals surface area contributed by atoms with E-state index in [2.05, 4.69) is 47.2 Å². The summed E-state index contributed by atoms with van der Waals surface area (Å²) >= 11 is 0. The smallest absolute Gasteiger partial charge is 0.322 e. The number of urea groups is 1. The van der Waals surface area contributed by atoms with Crippen molar-refractivity contribution in [2.45, 2.75) is 26.8 Å². The van der Waals surface area contributed by atoms with Crippen LogP contribution < -0.4 is 10.2 Å². The van der Waals surface area contributed by atoms with E-state index >= 15 is 0 Å². The molecule has 0 atom stereocenters. The fourth-order valence-electron chi connectivity index (χ4n) is 3.07. The molecule has 0 aliphatic carbocycles. The van der Waals surface area contributed by atoms with E-state index in [0.29, 0.717) is 6.54 Å². The highest BCUT2D eigenvalue weighted by atomic mass is 16.2. The van der Waals surface area contributed by atoms with Crippen molar-refractivity contribution in [2.75, 3.05) is 29.9 Å². The summed E-state index contributed by atoms with van der Waals surface area (Å²) in [6, 6.07) is 12.1. The number of carbonyl (C=O) groups is 1. The first-order valence-electron chi connectivity index (χ1n) is 8.55. The third kappa shape index (κ3) is 3.50. The van der Waals surface area contributed by atoms with Crippen molar-refractivity contribution in [1.82, 2.24) is 9.88 Å². The van der Waals surface area contributed by atoms with Crippen LogP contribution in [0.15, 0.2) is 42.6 Å². The molecule has 3 rings (SSSR count). The lowest BCUT2D eigenvalue weighted by molar-refractivity contribution is 0.206. The summed E-state index contributed by atoms with van der Waals surface area (Å²) in [5.74, 6) is 0.935. The molecule has 1 aromatic heterocycles. The molecule has 2 amide bonds. The maximum absolute atomic E-state index is 12.5. The summed E-state index contributed by atoms with van der Waals surface area (Å²) in [5, 5.41) is 2.95. The number of fused-ring (bicyclic) bond motifs is 1. The number of pyridine rings is 1. The number of hydrogen-bond acceptors (Lipinski definition) is 3. The van der Waals surface area contributed by atoms with Crippen LogP contribution in [0.25, 0.3) is 0 Å². The molecule has 1 N–H and O–H groups in total. The molecule has 5 heteroatoms. The van der Waals surface area contributed by atoms with Gasteiger partial charge in [-0.2, -0.15) is 0 Å². The molecule has 1 aliphatic heterocycles. The van der Waals surface area contributed by atoms with Gasteiger partial charge in [-0.15, -0.1) is 0 Å². The van der Waals surface area contributed by atoms with Gasteiger partial charge in [0.05, 0.1) is 11.9 Å². The van der Waals surface area contributed by atoms with E-state index < -0.39 is 0 Å². The van der Waals surface area contributed by atoms with Crippen LogP contribution in [0.4, 0.5) is 16.3 Å². The normalized spacial score (nSPS) is 13.3. The summed E-state index contributed by atoms with van der Waals surface area (Å²) in [5.41, 5.74) is 3.30. The van der Waals surface area contributed by atoms with Crippen molar-refractivity contribution in [3.05, 3.63) is 53.7 Å². The molecule has 1 aromatic carbocycles. The highest BCUT2D eigenvalue weighted by molar-refractivity contribution is 5.89. The van der Waals surface area contributed by atoms with E-state index in [1.165, 1.54) is 11.1 Å². The van der Waals surface area contributed by atoms with Crippen molar-refractivity contribution >= 4 is 17.5 Å². The van der Waals surface area contributed by atoms with Crippen LogP contribution in [0, 0.1) is 0 Å². The molecule has 2 heterocycles. The van der Waals surface area contributed by atoms with Crippen LogP contribution >= 0.6 is 0 Å². The average molecular weight is 324 g/mol. The van der Waals surface area contributed by atoms with Gasteiger partial charge >= 0.3 is 6.03 Å². The first-order valence-corrected chi connectivity index (χ1v) is 8.55. The topological polar surface area (TPSA) is 48.5 Å². The molecular weight excluding hydrogens is 300 g/mol. The molecule has 0 fully saturated rings. The standard InChI is InChI=1S/C19H24N4O/c1-3-22(4-2)18-10-9-17(13-20-18)21-19(24)23-12-11-15-7-5-6-8-16(15)14-23/h5-10,13H,3-4,11-12,14H2,1-2H3,(H,21,24). The molecule has 126 valence electrons. The van der Waals surface area contributed by atoms with Crippen LogP contribution in [0.2, 0.25) is 0 Å². The van der Waals surface area contributed by atoms with E-state index in [9.17, 15) is 4.79 Å². The van der Waals surface area contributed by atoms with Gasteiger partial charge < -0.3 is 15.1 Å². The Bertz CT molecular complexity index is 695. The monoisotopic (exact) mass is 324 g/mol. The van der Waals surface area contributed by atoms with Gasteiger partial charge in [0.1, 0.15) is 5.82 Å². The van der Waals surface area contributed by atoms with Crippen LogP contribution in [0.1, 0.15) is 25.0 Å². The third-order valence-electron chi connectivity index (χ3n) is 4.50. The number of amides is 2. The SMILES string of the molecule is CCN(CC)c1ccc(NC(=O)N2CCc3ccccc3C2)cn1. The Morgan fingerprint density at radius 2 is 1.92 bits per heavy atom. The van der Waals surface area contributed by atoms with E-state index in [0.717, 1.165) is 37.6 Å². The Hall–Kier alpha value is -2.56. The summed E-state index contributed by atoms with van der Waals surface area (Å²) in [4.78, 5) is 21.0. The van der Waals surface area contributed by atoms with Gasteiger partial charge in [-0.25, -0.2) is 9.78 Å². The number of nitrogens with zero attached hydrogens (tertiary/aromatic N) is 3. The minimum absolute atomic E-state index is 0.0677. The van der Waals surface area contributed by atoms with Crippen molar-refractivity contribution in [3.63, 3.8) is 0 Å². The number of nitrogens with one attached hydrogen (secondary N) is 1. The Morgan fingerprint density at radius 1 is 1.17 bits per heavy atom. The minimum Gasteiger partial charge on any atom is -0.357 e. The van der Waals surface area contributed by atoms with E-state index in [1.54, 1.807) is 6.20 Å². The molecule has 0 saturated heterocycles. The van der Waals surface area contributed by atoms with Crippen LogP contribution in [0.3, 0.4) is 0 Å². The predicted octanol–water partition coefficient (Wildman–Crippen LogP) is 3.52. The summed E-state index contributed by atoms with van der Waals surface area (Å²) < 4.78 is 0. The second kappa shape index (κ2) is 7.34. The van der Waals surface area contributed by atoms with Crippen LogP contribution in [-0.4, -0.2) is 35.5 Å². The lowest BCUT2D eigenvalue weighted by Crippen LogP contribution is -2.38. The van der Waals surface area contributed by atoms with Crippen molar-refractivity contribution in [1.29, 1.82) is 0 Å². The van der Waals surface area contributed by atoms with E-state index in [4.69, 9.17) is 0 Å². The molecule has 24 heavy (non-hydrogen) atoms. The molecule has 0 saturated carbocycles. The van der Waals surface area contributed by atoms with E-state index in [1.807, 2.05) is 23.1 Å². The number of benzene rings is 1. The molecule has 0 spiro atoms. The van der Waals surface area contributed by atoms with E-state index in [-0.39, 0.29) is 6.03 Å². The first kappa shape index (κ1) is 16.3. The third-order valence-corrected chi connectivity index (χ3v) is 4.50. The molecular formula is C19H24N4O. The number of carbonyl (C=O) groups excluding carboxylic acids is 1. The van der Waals surface area contributed by atoms with Gasteiger partial charge in [-0.1, -0.05) is 24.3 Å². The fourth-order valence-corrected chi connectivity index (χ4v) is 3.07. The Morgan fingerprint density at radius 3 is 2.58 bits per heavy atom. The molecule has 0 bridgehead atoms. The second-order valence-corrected chi connectivity index (χ2v) is 5.95. The number of hydrogen-bond donors (Lipinski definition) is 1. The van der Waals surface area contributed by atoms with Crippen LogP contribution in [0.5, 0.6) is 0 Å². The Kier molecular flexibility index (Phi) is 4.99. The second-order valence-electron chi connectivity index (χ2n) is 5.95. The van der Waals surface area contributed by atoms with Crippen molar-refractivity contribution in [3.8, 4) is 0 Å². The lowest BCUT2D eigenvalue weighted by atomic mass is 10.0. The zero-order valence-electron chi connectivity index (χ0n) is 14.3. The molecule has 2 aromatic rings. The summed E-state index contributed by atoms with van der Waals surface area (Å²) in [7, 11) is 0. The molecule has 0 unspecified atom stereocenters. The van der Waals surface area contributed by atoms with Gasteiger partial charge in [0.2, 0.25) is 0 Å². The number of aromatic nitrogens is 1. The maximum atomic E-state index is 12.5. The highest BCUT2D eigenvalue weighted by Gasteiger charge is 2.20. The number of rotatable bonds is 4. The molecule has 5 nitrogen and oxygen atoms in total. The first-order chi connectivity index (χ1) is 11.7. The highest BCUT2D eigenvalue weighted by Crippen LogP contribution is 2.20. The van der Waals surface area contributed by atoms with Gasteiger partial charge in [-0.3, -0.25) is 0 Å². The van der Waals surface area contributed by atoms with Gasteiger partial charge in [0.15, 0.2) is 0 Å². The van der Waals surface area contributed by atoms with Gasteiger partial charge in [0, 0.05) is 26.2 Å². The predicted molar refractivity (Wildman–Crippen MR) is 97.4 cm³/mol. The lowest BCUT2D eigenvalue weighted by Gasteiger charge is -2.29. The quantitative estimate of drug-likeness (QED) is 0.936. The largest absolute Gasteiger partial charge is 0.357 e. The zero-order valence-corrected chi connectivity index (χ0v) is 14.3. The minimum atomic E-state index is -0.0677. The number of anilines is 2. The van der Waals surface area contributed by atoms with Gasteiger partial charge in [-0.05, 0) is 43.5 Å². The average Bonchev–Trinajstić information content (AvgIpc) is 2.63. The Labute approximate surface area is 143 Å². The molecule has 1 aliphatic rings. The van der Waals surface area contributed by atoms with Crippen molar-refractivity contribution in [2.24, 2.45) is 0 Å².